The molecule has 0 atom stereocenters. The minimum atomic E-state index is -0.475. The van der Waals surface area contributed by atoms with Gasteiger partial charge in [-0.2, -0.15) is 0 Å². The summed E-state index contributed by atoms with van der Waals surface area (Å²) < 4.78 is 16.7. The zero-order chi connectivity index (χ0) is 20.9. The first-order valence-electron chi connectivity index (χ1n) is 9.57. The Hall–Kier alpha value is -3.86. The van der Waals surface area contributed by atoms with E-state index >= 15 is 0 Å². The third kappa shape index (κ3) is 4.25. The first-order valence-corrected chi connectivity index (χ1v) is 9.57. The van der Waals surface area contributed by atoms with E-state index < -0.39 is 5.97 Å². The van der Waals surface area contributed by atoms with Crippen molar-refractivity contribution < 1.29 is 19.0 Å². The monoisotopic (exact) mass is 399 g/mol. The number of methoxy groups -OCH3 is 1. The summed E-state index contributed by atoms with van der Waals surface area (Å²) in [5, 5.41) is 0. The van der Waals surface area contributed by atoms with Crippen molar-refractivity contribution >= 4 is 17.9 Å². The summed E-state index contributed by atoms with van der Waals surface area (Å²) in [5.74, 6) is 1.05. The van der Waals surface area contributed by atoms with E-state index in [4.69, 9.17) is 14.2 Å². The molecule has 30 heavy (non-hydrogen) atoms. The fraction of sp³-hybridized carbons (Fsp3) is 0.120. The smallest absolute Gasteiger partial charge is 0.363 e. The number of esters is 1. The van der Waals surface area contributed by atoms with Crippen LogP contribution in [0.5, 0.6) is 11.5 Å². The number of cyclic esters (lactones) is 1. The number of rotatable bonds is 6. The van der Waals surface area contributed by atoms with Crippen molar-refractivity contribution in [3.63, 3.8) is 0 Å². The number of hydrogen-bond acceptors (Lipinski definition) is 5. The van der Waals surface area contributed by atoms with Crippen molar-refractivity contribution in [3.8, 4) is 11.5 Å². The predicted octanol–water partition coefficient (Wildman–Crippen LogP) is 4.93. The molecule has 1 aliphatic heterocycles. The number of nitrogens with zero attached hydrogens (tertiary/aromatic N) is 1. The molecule has 5 nitrogen and oxygen atoms in total. The van der Waals surface area contributed by atoms with E-state index in [0.29, 0.717) is 24.0 Å². The number of ether oxygens (including phenoxy) is 3. The Labute approximate surface area is 175 Å². The number of benzene rings is 3. The van der Waals surface area contributed by atoms with Crippen LogP contribution < -0.4 is 9.47 Å². The Morgan fingerprint density at radius 3 is 2.50 bits per heavy atom. The minimum absolute atomic E-state index is 0.244. The molecule has 3 aromatic carbocycles. The molecule has 3 aromatic rings. The average Bonchev–Trinajstić information content (AvgIpc) is 3.13. The third-order valence-corrected chi connectivity index (χ3v) is 4.72. The Balaban J connectivity index is 1.56. The van der Waals surface area contributed by atoms with E-state index in [1.807, 2.05) is 79.7 Å². The van der Waals surface area contributed by atoms with E-state index in [-0.39, 0.29) is 5.70 Å². The highest BCUT2D eigenvalue weighted by Crippen LogP contribution is 2.30. The number of carbonyl (C=O) groups excluding carboxylic acids is 1. The normalized spacial score (nSPS) is 14.4. The minimum Gasteiger partial charge on any atom is -0.493 e. The summed E-state index contributed by atoms with van der Waals surface area (Å²) in [5.41, 5.74) is 3.87. The molecule has 0 radical (unpaired) electrons. The highest BCUT2D eigenvalue weighted by atomic mass is 16.6. The van der Waals surface area contributed by atoms with E-state index in [1.54, 1.807) is 13.2 Å². The van der Waals surface area contributed by atoms with Gasteiger partial charge in [0.1, 0.15) is 6.61 Å². The number of carbonyl (C=O) groups is 1. The maximum Gasteiger partial charge on any atom is 0.363 e. The summed E-state index contributed by atoms with van der Waals surface area (Å²) in [7, 11) is 1.58. The van der Waals surface area contributed by atoms with Gasteiger partial charge >= 0.3 is 5.97 Å². The Bertz CT molecular complexity index is 1130. The van der Waals surface area contributed by atoms with E-state index in [2.05, 4.69) is 4.99 Å². The quantitative estimate of drug-likeness (QED) is 0.436. The Morgan fingerprint density at radius 2 is 1.73 bits per heavy atom. The molecule has 1 heterocycles. The van der Waals surface area contributed by atoms with Crippen LogP contribution in [0.2, 0.25) is 0 Å². The van der Waals surface area contributed by atoms with Crippen molar-refractivity contribution in [1.82, 2.24) is 0 Å². The molecule has 0 saturated carbocycles. The van der Waals surface area contributed by atoms with Gasteiger partial charge in [0, 0.05) is 5.56 Å². The van der Waals surface area contributed by atoms with E-state index in [9.17, 15) is 4.79 Å². The van der Waals surface area contributed by atoms with Crippen LogP contribution in [-0.4, -0.2) is 19.0 Å². The zero-order valence-electron chi connectivity index (χ0n) is 16.8. The van der Waals surface area contributed by atoms with Crippen LogP contribution in [0.4, 0.5) is 0 Å². The van der Waals surface area contributed by atoms with Gasteiger partial charge in [-0.25, -0.2) is 9.79 Å². The predicted molar refractivity (Wildman–Crippen MR) is 116 cm³/mol. The standard InChI is InChI=1S/C25H21NO4/c1-17-8-6-7-11-20(17)24-26-21(25(27)30-24)14-19-12-13-22(23(15-19)28-2)29-16-18-9-4-3-5-10-18/h3-15H,16H2,1-2H3. The lowest BCUT2D eigenvalue weighted by atomic mass is 10.1. The molecular formula is C25H21NO4. The molecule has 150 valence electrons. The molecule has 0 spiro atoms. The van der Waals surface area contributed by atoms with Crippen LogP contribution in [-0.2, 0) is 16.1 Å². The molecule has 0 aromatic heterocycles. The molecule has 1 aliphatic rings. The number of hydrogen-bond donors (Lipinski definition) is 0. The van der Waals surface area contributed by atoms with Crippen LogP contribution in [0.1, 0.15) is 22.3 Å². The Morgan fingerprint density at radius 1 is 0.967 bits per heavy atom. The highest BCUT2D eigenvalue weighted by molar-refractivity contribution is 6.13. The summed E-state index contributed by atoms with van der Waals surface area (Å²) in [4.78, 5) is 16.7. The van der Waals surface area contributed by atoms with Crippen molar-refractivity contribution in [2.45, 2.75) is 13.5 Å². The first-order chi connectivity index (χ1) is 14.6. The van der Waals surface area contributed by atoms with Crippen molar-refractivity contribution in [2.24, 2.45) is 4.99 Å². The van der Waals surface area contributed by atoms with Gasteiger partial charge < -0.3 is 14.2 Å². The summed E-state index contributed by atoms with van der Waals surface area (Å²) >= 11 is 0. The molecule has 4 rings (SSSR count). The largest absolute Gasteiger partial charge is 0.493 e. The van der Waals surface area contributed by atoms with Crippen LogP contribution >= 0.6 is 0 Å². The lowest BCUT2D eigenvalue weighted by molar-refractivity contribution is -0.129. The molecule has 0 N–H and O–H groups in total. The van der Waals surface area contributed by atoms with Crippen LogP contribution in [0.3, 0.4) is 0 Å². The lowest BCUT2D eigenvalue weighted by Crippen LogP contribution is -2.06. The Kier molecular flexibility index (Phi) is 5.61. The van der Waals surface area contributed by atoms with Gasteiger partial charge in [-0.3, -0.25) is 0 Å². The topological polar surface area (TPSA) is 57.1 Å². The van der Waals surface area contributed by atoms with Crippen LogP contribution in [0.15, 0.2) is 83.5 Å². The van der Waals surface area contributed by atoms with Gasteiger partial charge in [0.15, 0.2) is 17.2 Å². The highest BCUT2D eigenvalue weighted by Gasteiger charge is 2.25. The first kappa shape index (κ1) is 19.5. The molecule has 0 amide bonds. The summed E-state index contributed by atoms with van der Waals surface area (Å²) in [6, 6.07) is 23.0. The fourth-order valence-electron chi connectivity index (χ4n) is 3.12. The molecule has 0 unspecified atom stereocenters. The summed E-state index contributed by atoms with van der Waals surface area (Å²) in [6.07, 6.45) is 1.68. The third-order valence-electron chi connectivity index (χ3n) is 4.72. The summed E-state index contributed by atoms with van der Waals surface area (Å²) in [6.45, 7) is 2.39. The fourth-order valence-corrected chi connectivity index (χ4v) is 3.12. The maximum atomic E-state index is 12.3. The van der Waals surface area contributed by atoms with Crippen molar-refractivity contribution in [3.05, 3.63) is 101 Å². The number of aryl methyl sites for hydroxylation is 1. The van der Waals surface area contributed by atoms with Gasteiger partial charge in [0.2, 0.25) is 5.90 Å². The maximum absolute atomic E-state index is 12.3. The lowest BCUT2D eigenvalue weighted by Gasteiger charge is -2.11. The van der Waals surface area contributed by atoms with Gasteiger partial charge in [-0.1, -0.05) is 54.6 Å². The van der Waals surface area contributed by atoms with Gasteiger partial charge in [-0.15, -0.1) is 0 Å². The van der Waals surface area contributed by atoms with E-state index in [1.165, 1.54) is 0 Å². The molecule has 5 heteroatoms. The van der Waals surface area contributed by atoms with Gasteiger partial charge in [0.25, 0.3) is 0 Å². The molecule has 0 saturated heterocycles. The van der Waals surface area contributed by atoms with Gasteiger partial charge in [-0.05, 0) is 47.9 Å². The van der Waals surface area contributed by atoms with Gasteiger partial charge in [0.05, 0.1) is 7.11 Å². The molecule has 0 fully saturated rings. The molecule has 0 bridgehead atoms. The van der Waals surface area contributed by atoms with Crippen molar-refractivity contribution in [1.29, 1.82) is 0 Å². The molecular weight excluding hydrogens is 378 g/mol. The molecule has 0 aliphatic carbocycles. The second-order valence-electron chi connectivity index (χ2n) is 6.84. The average molecular weight is 399 g/mol. The van der Waals surface area contributed by atoms with Crippen LogP contribution in [0.25, 0.3) is 6.08 Å². The van der Waals surface area contributed by atoms with Crippen LogP contribution in [0, 0.1) is 6.92 Å². The van der Waals surface area contributed by atoms with Crippen molar-refractivity contribution in [2.75, 3.05) is 7.11 Å². The van der Waals surface area contributed by atoms with E-state index in [0.717, 1.165) is 22.3 Å². The number of aliphatic imine (C=N–C) groups is 1. The second kappa shape index (κ2) is 8.66. The SMILES string of the molecule is COc1cc(C=C2N=C(c3ccccc3C)OC2=O)ccc1OCc1ccccc1. The zero-order valence-corrected chi connectivity index (χ0v) is 16.8. The second-order valence-corrected chi connectivity index (χ2v) is 6.84.